The Labute approximate surface area is 68.1 Å². The molecule has 1 aliphatic heterocycles. The van der Waals surface area contributed by atoms with Crippen molar-refractivity contribution >= 4 is 0 Å². The summed E-state index contributed by atoms with van der Waals surface area (Å²) in [6, 6.07) is 0. The van der Waals surface area contributed by atoms with E-state index in [-0.39, 0.29) is 26.6 Å². The zero-order valence-electron chi connectivity index (χ0n) is 5.37. The van der Waals surface area contributed by atoms with Crippen LogP contribution >= 0.6 is 0 Å². The van der Waals surface area contributed by atoms with Gasteiger partial charge in [0.15, 0.2) is 0 Å². The van der Waals surface area contributed by atoms with Crippen LogP contribution in [0.5, 0.6) is 0 Å². The van der Waals surface area contributed by atoms with Crippen LogP contribution in [0.2, 0.25) is 0 Å². The Hall–Kier alpha value is 0.0223. The number of rotatable bonds is 1. The standard InChI is InChI=1S/C4H9N4.Re/c1-3(2)4-5-7-8-6-4;/h3-4H,1-2H3,(H-,5,6,7,8);/q-1;. The van der Waals surface area contributed by atoms with E-state index in [1.807, 2.05) is 0 Å². The molecule has 1 radical (unpaired) electrons. The van der Waals surface area contributed by atoms with Crippen LogP contribution < -0.4 is 5.53 Å². The maximum absolute atomic E-state index is 3.85. The molecule has 0 saturated carbocycles. The predicted octanol–water partition coefficient (Wildman–Crippen LogP) is 1.23. The van der Waals surface area contributed by atoms with Gasteiger partial charge in [0.1, 0.15) is 0 Å². The van der Waals surface area contributed by atoms with Crippen LogP contribution in [0.3, 0.4) is 0 Å². The molecule has 0 spiro atoms. The van der Waals surface area contributed by atoms with E-state index in [9.17, 15) is 0 Å². The third-order valence-electron chi connectivity index (χ3n) is 1.01. The summed E-state index contributed by atoms with van der Waals surface area (Å²) in [6.07, 6.45) is 0.0370. The molecular formula is C4H9N4Re-. The summed E-state index contributed by atoms with van der Waals surface area (Å²) in [6.45, 7) is 4.11. The van der Waals surface area contributed by atoms with Gasteiger partial charge in [-0.2, -0.15) is 5.11 Å². The van der Waals surface area contributed by atoms with Crippen LogP contribution in [0.1, 0.15) is 13.8 Å². The van der Waals surface area contributed by atoms with Gasteiger partial charge in [-0.1, -0.05) is 19.1 Å². The molecule has 0 aliphatic carbocycles. The third-order valence-corrected chi connectivity index (χ3v) is 1.01. The second-order valence-electron chi connectivity index (χ2n) is 2.10. The first kappa shape index (κ1) is 9.02. The molecule has 1 aliphatic rings. The van der Waals surface area contributed by atoms with E-state index < -0.39 is 0 Å². The van der Waals surface area contributed by atoms with E-state index in [0.717, 1.165) is 0 Å². The fourth-order valence-corrected chi connectivity index (χ4v) is 0.478. The van der Waals surface area contributed by atoms with Crippen molar-refractivity contribution in [1.82, 2.24) is 5.53 Å². The third kappa shape index (κ3) is 2.39. The molecule has 0 bridgehead atoms. The van der Waals surface area contributed by atoms with E-state index in [4.69, 9.17) is 0 Å². The van der Waals surface area contributed by atoms with Gasteiger partial charge in [-0.05, 0) is 5.92 Å². The molecule has 0 aromatic rings. The quantitative estimate of drug-likeness (QED) is 0.778. The van der Waals surface area contributed by atoms with Gasteiger partial charge in [-0.25, -0.2) is 0 Å². The fourth-order valence-electron chi connectivity index (χ4n) is 0.478. The van der Waals surface area contributed by atoms with E-state index >= 15 is 0 Å². The molecule has 0 aromatic carbocycles. The molecule has 1 heterocycles. The van der Waals surface area contributed by atoms with Gasteiger partial charge in [-0.3, -0.25) is 0 Å². The largest absolute Gasteiger partial charge is 0.528 e. The monoisotopic (exact) mass is 300 g/mol. The van der Waals surface area contributed by atoms with E-state index in [0.29, 0.717) is 5.92 Å². The minimum Gasteiger partial charge on any atom is -0.528 e. The maximum Gasteiger partial charge on any atom is 0.00158 e. The van der Waals surface area contributed by atoms with Gasteiger partial charge in [-0.15, -0.1) is 0 Å². The average Bonchev–Trinajstić information content (AvgIpc) is 2.12. The van der Waals surface area contributed by atoms with Crippen molar-refractivity contribution in [3.05, 3.63) is 5.43 Å². The molecule has 0 fully saturated rings. The van der Waals surface area contributed by atoms with Gasteiger partial charge in [0, 0.05) is 26.6 Å². The summed E-state index contributed by atoms with van der Waals surface area (Å²) >= 11 is 0. The summed E-state index contributed by atoms with van der Waals surface area (Å²) < 4.78 is 0. The zero-order valence-corrected chi connectivity index (χ0v) is 8.09. The van der Waals surface area contributed by atoms with E-state index in [2.05, 4.69) is 35.1 Å². The molecule has 1 unspecified atom stereocenters. The molecule has 5 heteroatoms. The summed E-state index contributed by atoms with van der Waals surface area (Å²) in [7, 11) is 0. The van der Waals surface area contributed by atoms with Crippen molar-refractivity contribution in [1.29, 1.82) is 0 Å². The number of nitrogens with one attached hydrogen (secondary N) is 1. The Morgan fingerprint density at radius 1 is 1.56 bits per heavy atom. The first-order chi connectivity index (χ1) is 3.80. The van der Waals surface area contributed by atoms with Crippen LogP contribution in [-0.4, -0.2) is 6.17 Å². The molecule has 1 N–H and O–H groups in total. The Morgan fingerprint density at radius 2 is 2.22 bits per heavy atom. The van der Waals surface area contributed by atoms with Crippen molar-refractivity contribution < 1.29 is 20.4 Å². The summed E-state index contributed by atoms with van der Waals surface area (Å²) in [5, 5.41) is 7.28. The number of nitrogens with zero attached hydrogens (tertiary/aromatic N) is 3. The summed E-state index contributed by atoms with van der Waals surface area (Å²) in [5.41, 5.74) is 6.29. The first-order valence-corrected chi connectivity index (χ1v) is 2.65. The minimum atomic E-state index is 0. The second kappa shape index (κ2) is 3.94. The van der Waals surface area contributed by atoms with Crippen LogP contribution in [0.4, 0.5) is 0 Å². The average molecular weight is 299 g/mol. The smallest absolute Gasteiger partial charge is 0.00158 e. The van der Waals surface area contributed by atoms with Crippen LogP contribution in [0, 0.1) is 5.92 Å². The summed E-state index contributed by atoms with van der Waals surface area (Å²) in [5.74, 6) is 0.453. The normalized spacial score (nSPS) is 23.7. The molecule has 9 heavy (non-hydrogen) atoms. The molecule has 0 saturated heterocycles. The van der Waals surface area contributed by atoms with Crippen molar-refractivity contribution in [3.8, 4) is 0 Å². The fraction of sp³-hybridized carbons (Fsp3) is 1.00. The van der Waals surface area contributed by atoms with Crippen molar-refractivity contribution in [3.63, 3.8) is 0 Å². The molecule has 1 atom stereocenters. The predicted molar refractivity (Wildman–Crippen MR) is 30.0 cm³/mol. The zero-order chi connectivity index (χ0) is 5.98. The van der Waals surface area contributed by atoms with Crippen LogP contribution in [0.25, 0.3) is 5.43 Å². The van der Waals surface area contributed by atoms with Gasteiger partial charge in [0.25, 0.3) is 0 Å². The second-order valence-corrected chi connectivity index (χ2v) is 2.10. The van der Waals surface area contributed by atoms with Gasteiger partial charge in [0.05, 0.1) is 0 Å². The molecule has 0 amide bonds. The molecule has 4 nitrogen and oxygen atoms in total. The Kier molecular flexibility index (Phi) is 3.95. The molecular weight excluding hydrogens is 290 g/mol. The Bertz CT molecular complexity index is 103. The number of hydrogen-bond donors (Lipinski definition) is 1. The minimum absolute atomic E-state index is 0. The van der Waals surface area contributed by atoms with Crippen molar-refractivity contribution in [2.45, 2.75) is 20.0 Å². The number of hydrogen-bond acceptors (Lipinski definition) is 3. The van der Waals surface area contributed by atoms with Crippen LogP contribution in [0.15, 0.2) is 10.3 Å². The van der Waals surface area contributed by atoms with Crippen molar-refractivity contribution in [2.24, 2.45) is 16.3 Å². The van der Waals surface area contributed by atoms with Gasteiger partial charge >= 0.3 is 0 Å². The van der Waals surface area contributed by atoms with Gasteiger partial charge in [0.2, 0.25) is 0 Å². The van der Waals surface area contributed by atoms with E-state index in [1.165, 1.54) is 0 Å². The van der Waals surface area contributed by atoms with E-state index in [1.54, 1.807) is 0 Å². The summed E-state index contributed by atoms with van der Waals surface area (Å²) in [4.78, 5) is 0. The van der Waals surface area contributed by atoms with Crippen molar-refractivity contribution in [2.75, 3.05) is 0 Å². The molecule has 53 valence electrons. The maximum atomic E-state index is 3.85. The Balaban J connectivity index is 0.000000640. The topological polar surface area (TPSA) is 50.9 Å². The Morgan fingerprint density at radius 3 is 2.44 bits per heavy atom. The van der Waals surface area contributed by atoms with Crippen LogP contribution in [-0.2, 0) is 20.4 Å². The molecule has 0 aromatic heterocycles. The van der Waals surface area contributed by atoms with Gasteiger partial charge < -0.3 is 11.0 Å². The first-order valence-electron chi connectivity index (χ1n) is 2.65. The molecule has 1 rings (SSSR count). The SMILES string of the molecule is CC(C)C1N=NN[N-]1.[Re].